The largest absolute Gasteiger partial charge is 0.489 e. The average Bonchev–Trinajstić information content (AvgIpc) is 2.72. The molecule has 5 nitrogen and oxygen atoms in total. The normalized spacial score (nSPS) is 10.2. The van der Waals surface area contributed by atoms with Gasteiger partial charge < -0.3 is 4.74 Å². The monoisotopic (exact) mass is 392 g/mol. The molecule has 28 heavy (non-hydrogen) atoms. The minimum Gasteiger partial charge on any atom is -0.489 e. The Bertz CT molecular complexity index is 944. The van der Waals surface area contributed by atoms with Crippen LogP contribution in [-0.4, -0.2) is 11.9 Å². The SMILES string of the molecule is Cc1ccc(C(=O)NC(=O)NSc2cccc(OCc3ccccc3)c2)cc1. The van der Waals surface area contributed by atoms with Crippen LogP contribution in [0.5, 0.6) is 5.75 Å². The summed E-state index contributed by atoms with van der Waals surface area (Å²) in [6, 6.07) is 23.7. The zero-order chi connectivity index (χ0) is 19.8. The fourth-order valence-corrected chi connectivity index (χ4v) is 2.96. The molecule has 0 heterocycles. The molecular formula is C22H20N2O3S. The van der Waals surface area contributed by atoms with Crippen molar-refractivity contribution in [3.8, 4) is 5.75 Å². The molecule has 6 heteroatoms. The molecule has 0 saturated carbocycles. The highest BCUT2D eigenvalue weighted by Gasteiger charge is 2.10. The lowest BCUT2D eigenvalue weighted by Crippen LogP contribution is -2.36. The molecule has 0 bridgehead atoms. The summed E-state index contributed by atoms with van der Waals surface area (Å²) >= 11 is 1.11. The minimum absolute atomic E-state index is 0.432. The number of imide groups is 1. The summed E-state index contributed by atoms with van der Waals surface area (Å²) in [7, 11) is 0. The van der Waals surface area contributed by atoms with E-state index in [-0.39, 0.29) is 0 Å². The van der Waals surface area contributed by atoms with Crippen LogP contribution in [0.4, 0.5) is 4.79 Å². The molecule has 3 amide bonds. The Morgan fingerprint density at radius 3 is 2.43 bits per heavy atom. The van der Waals surface area contributed by atoms with Crippen molar-refractivity contribution in [3.63, 3.8) is 0 Å². The average molecular weight is 392 g/mol. The number of nitrogens with one attached hydrogen (secondary N) is 2. The zero-order valence-electron chi connectivity index (χ0n) is 15.3. The van der Waals surface area contributed by atoms with Crippen LogP contribution in [0, 0.1) is 6.92 Å². The van der Waals surface area contributed by atoms with Gasteiger partial charge in [-0.15, -0.1) is 0 Å². The van der Waals surface area contributed by atoms with Crippen LogP contribution in [-0.2, 0) is 6.61 Å². The molecule has 0 aliphatic carbocycles. The summed E-state index contributed by atoms with van der Waals surface area (Å²) in [5.41, 5.74) is 2.56. The van der Waals surface area contributed by atoms with E-state index in [4.69, 9.17) is 4.74 Å². The predicted molar refractivity (Wildman–Crippen MR) is 110 cm³/mol. The van der Waals surface area contributed by atoms with Crippen LogP contribution < -0.4 is 14.8 Å². The fourth-order valence-electron chi connectivity index (χ4n) is 2.38. The maximum Gasteiger partial charge on any atom is 0.331 e. The third-order valence-corrected chi connectivity index (χ3v) is 4.63. The van der Waals surface area contributed by atoms with Gasteiger partial charge in [-0.25, -0.2) is 4.79 Å². The van der Waals surface area contributed by atoms with E-state index in [1.807, 2.05) is 73.7 Å². The van der Waals surface area contributed by atoms with Crippen LogP contribution >= 0.6 is 11.9 Å². The molecule has 3 rings (SSSR count). The van der Waals surface area contributed by atoms with Crippen molar-refractivity contribution in [1.82, 2.24) is 10.0 Å². The number of rotatable bonds is 6. The van der Waals surface area contributed by atoms with Crippen LogP contribution in [0.25, 0.3) is 0 Å². The van der Waals surface area contributed by atoms with Crippen molar-refractivity contribution in [2.75, 3.05) is 0 Å². The molecule has 0 aliphatic rings. The topological polar surface area (TPSA) is 67.4 Å². The Morgan fingerprint density at radius 2 is 1.68 bits per heavy atom. The number of carbonyl (C=O) groups is 2. The summed E-state index contributed by atoms with van der Waals surface area (Å²) < 4.78 is 8.38. The maximum atomic E-state index is 12.1. The van der Waals surface area contributed by atoms with Gasteiger partial charge in [0.1, 0.15) is 12.4 Å². The second-order valence-electron chi connectivity index (χ2n) is 6.10. The van der Waals surface area contributed by atoms with E-state index >= 15 is 0 Å². The molecule has 0 radical (unpaired) electrons. The summed E-state index contributed by atoms with van der Waals surface area (Å²) in [6.07, 6.45) is 0. The molecule has 142 valence electrons. The Hall–Kier alpha value is -3.25. The van der Waals surface area contributed by atoms with Gasteiger partial charge in [0, 0.05) is 10.5 Å². The summed E-state index contributed by atoms with van der Waals surface area (Å²) in [4.78, 5) is 24.8. The number of benzene rings is 3. The van der Waals surface area contributed by atoms with Crippen molar-refractivity contribution in [2.24, 2.45) is 0 Å². The lowest BCUT2D eigenvalue weighted by Gasteiger charge is -2.09. The molecule has 2 N–H and O–H groups in total. The van der Waals surface area contributed by atoms with Crippen LogP contribution in [0.3, 0.4) is 0 Å². The van der Waals surface area contributed by atoms with Crippen molar-refractivity contribution < 1.29 is 14.3 Å². The highest BCUT2D eigenvalue weighted by atomic mass is 32.2. The van der Waals surface area contributed by atoms with Crippen LogP contribution in [0.2, 0.25) is 0 Å². The zero-order valence-corrected chi connectivity index (χ0v) is 16.2. The molecule has 0 spiro atoms. The Kier molecular flexibility index (Phi) is 6.70. The highest BCUT2D eigenvalue weighted by Crippen LogP contribution is 2.21. The molecule has 0 atom stereocenters. The molecule has 3 aromatic rings. The summed E-state index contributed by atoms with van der Waals surface area (Å²) in [5.74, 6) is 0.254. The second kappa shape index (κ2) is 9.62. The van der Waals surface area contributed by atoms with Gasteiger partial charge in [-0.3, -0.25) is 14.8 Å². The van der Waals surface area contributed by atoms with Gasteiger partial charge in [-0.2, -0.15) is 0 Å². The number of hydrogen-bond acceptors (Lipinski definition) is 4. The smallest absolute Gasteiger partial charge is 0.331 e. The van der Waals surface area contributed by atoms with E-state index < -0.39 is 11.9 Å². The molecule has 0 aromatic heterocycles. The Morgan fingerprint density at radius 1 is 0.929 bits per heavy atom. The summed E-state index contributed by atoms with van der Waals surface area (Å²) in [5, 5.41) is 2.31. The van der Waals surface area contributed by atoms with Gasteiger partial charge in [0.25, 0.3) is 5.91 Å². The first-order valence-corrected chi connectivity index (χ1v) is 9.53. The van der Waals surface area contributed by atoms with Gasteiger partial charge >= 0.3 is 6.03 Å². The maximum absolute atomic E-state index is 12.1. The minimum atomic E-state index is -0.578. The molecule has 0 saturated heterocycles. The lowest BCUT2D eigenvalue weighted by atomic mass is 10.1. The van der Waals surface area contributed by atoms with E-state index in [9.17, 15) is 9.59 Å². The number of carbonyl (C=O) groups excluding carboxylic acids is 2. The number of amides is 3. The van der Waals surface area contributed by atoms with Gasteiger partial charge in [0.05, 0.1) is 0 Å². The highest BCUT2D eigenvalue weighted by molar-refractivity contribution is 7.98. The first-order chi connectivity index (χ1) is 13.6. The van der Waals surface area contributed by atoms with Crippen molar-refractivity contribution in [1.29, 1.82) is 0 Å². The van der Waals surface area contributed by atoms with Gasteiger partial charge in [0.2, 0.25) is 0 Å². The third kappa shape index (κ3) is 5.89. The van der Waals surface area contributed by atoms with E-state index in [1.165, 1.54) is 0 Å². The van der Waals surface area contributed by atoms with Gasteiger partial charge in [-0.1, -0.05) is 54.1 Å². The fraction of sp³-hybridized carbons (Fsp3) is 0.0909. The van der Waals surface area contributed by atoms with Crippen LogP contribution in [0.1, 0.15) is 21.5 Å². The first-order valence-electron chi connectivity index (χ1n) is 8.72. The molecular weight excluding hydrogens is 372 g/mol. The molecule has 0 unspecified atom stereocenters. The van der Waals surface area contributed by atoms with Crippen LogP contribution in [0.15, 0.2) is 83.8 Å². The van der Waals surface area contributed by atoms with Gasteiger partial charge in [0.15, 0.2) is 0 Å². The second-order valence-corrected chi connectivity index (χ2v) is 6.98. The first kappa shape index (κ1) is 19.5. The summed E-state index contributed by atoms with van der Waals surface area (Å²) in [6.45, 7) is 2.40. The molecule has 3 aromatic carbocycles. The molecule has 0 fully saturated rings. The predicted octanol–water partition coefficient (Wildman–Crippen LogP) is 4.72. The number of hydrogen-bond donors (Lipinski definition) is 2. The quantitative estimate of drug-likeness (QED) is 0.596. The Labute approximate surface area is 168 Å². The van der Waals surface area contributed by atoms with E-state index in [0.29, 0.717) is 17.9 Å². The van der Waals surface area contributed by atoms with Crippen molar-refractivity contribution in [2.45, 2.75) is 18.4 Å². The number of aryl methyl sites for hydroxylation is 1. The van der Waals surface area contributed by atoms with Gasteiger partial charge in [-0.05, 0) is 54.8 Å². The van der Waals surface area contributed by atoms with E-state index in [1.54, 1.807) is 12.1 Å². The molecule has 0 aliphatic heterocycles. The standard InChI is InChI=1S/C22H20N2O3S/c1-16-10-12-18(13-11-16)21(25)23-22(26)24-28-20-9-5-8-19(14-20)27-15-17-6-3-2-4-7-17/h2-14H,15H2,1H3,(H2,23,24,25,26). The third-order valence-electron chi connectivity index (χ3n) is 3.86. The van der Waals surface area contributed by atoms with E-state index in [0.717, 1.165) is 28.0 Å². The van der Waals surface area contributed by atoms with E-state index in [2.05, 4.69) is 10.0 Å². The Balaban J connectivity index is 1.49. The lowest BCUT2D eigenvalue weighted by molar-refractivity contribution is 0.0965. The van der Waals surface area contributed by atoms with Crippen molar-refractivity contribution in [3.05, 3.63) is 95.6 Å². The number of ether oxygens (including phenoxy) is 1. The van der Waals surface area contributed by atoms with Crippen molar-refractivity contribution >= 4 is 23.9 Å². The number of urea groups is 1.